The Morgan fingerprint density at radius 3 is 2.75 bits per heavy atom. The molecule has 0 fully saturated rings. The van der Waals surface area contributed by atoms with Gasteiger partial charge in [0.1, 0.15) is 6.04 Å². The van der Waals surface area contributed by atoms with Gasteiger partial charge in [0.15, 0.2) is 0 Å². The summed E-state index contributed by atoms with van der Waals surface area (Å²) in [4.78, 5) is 21.0. The SMILES string of the molecule is NCc1cccc(CC(NC=O)C(=O)O)c1. The minimum atomic E-state index is -1.05. The van der Waals surface area contributed by atoms with Gasteiger partial charge in [0.2, 0.25) is 6.41 Å². The molecule has 1 amide bonds. The molecule has 0 bridgehead atoms. The van der Waals surface area contributed by atoms with Gasteiger partial charge in [-0.2, -0.15) is 0 Å². The van der Waals surface area contributed by atoms with Crippen molar-refractivity contribution < 1.29 is 14.7 Å². The van der Waals surface area contributed by atoms with Crippen LogP contribution in [0.3, 0.4) is 0 Å². The standard InChI is InChI=1S/C11H14N2O3/c12-6-9-3-1-2-8(4-9)5-10(11(15)16)13-7-14/h1-4,7,10H,5-6,12H2,(H,13,14)(H,15,16). The second-order valence-electron chi connectivity index (χ2n) is 3.40. The maximum atomic E-state index is 10.8. The summed E-state index contributed by atoms with van der Waals surface area (Å²) in [7, 11) is 0. The van der Waals surface area contributed by atoms with E-state index in [9.17, 15) is 9.59 Å². The van der Waals surface area contributed by atoms with E-state index >= 15 is 0 Å². The van der Waals surface area contributed by atoms with Gasteiger partial charge in [0.05, 0.1) is 0 Å². The lowest BCUT2D eigenvalue weighted by Crippen LogP contribution is -2.37. The minimum Gasteiger partial charge on any atom is -0.480 e. The number of nitrogens with one attached hydrogen (secondary N) is 1. The molecule has 86 valence electrons. The van der Waals surface area contributed by atoms with Gasteiger partial charge in [0.25, 0.3) is 0 Å². The van der Waals surface area contributed by atoms with Gasteiger partial charge in [-0.1, -0.05) is 24.3 Å². The van der Waals surface area contributed by atoms with Gasteiger partial charge in [-0.3, -0.25) is 4.79 Å². The van der Waals surface area contributed by atoms with E-state index in [0.29, 0.717) is 13.0 Å². The molecule has 16 heavy (non-hydrogen) atoms. The number of hydrogen-bond acceptors (Lipinski definition) is 3. The van der Waals surface area contributed by atoms with Crippen LogP contribution >= 0.6 is 0 Å². The summed E-state index contributed by atoms with van der Waals surface area (Å²) in [5, 5.41) is 11.1. The van der Waals surface area contributed by atoms with Crippen molar-refractivity contribution in [1.82, 2.24) is 5.32 Å². The van der Waals surface area contributed by atoms with Crippen LogP contribution in [0.15, 0.2) is 24.3 Å². The Labute approximate surface area is 93.3 Å². The molecule has 0 saturated carbocycles. The number of amides is 1. The monoisotopic (exact) mass is 222 g/mol. The van der Waals surface area contributed by atoms with Crippen LogP contribution in [0, 0.1) is 0 Å². The Balaban J connectivity index is 2.76. The van der Waals surface area contributed by atoms with E-state index in [-0.39, 0.29) is 6.42 Å². The molecule has 1 unspecified atom stereocenters. The summed E-state index contributed by atoms with van der Waals surface area (Å²) < 4.78 is 0. The van der Waals surface area contributed by atoms with Gasteiger partial charge in [-0.15, -0.1) is 0 Å². The van der Waals surface area contributed by atoms with E-state index < -0.39 is 12.0 Å². The molecule has 0 spiro atoms. The molecule has 4 N–H and O–H groups in total. The zero-order chi connectivity index (χ0) is 12.0. The Bertz CT molecular complexity index is 379. The van der Waals surface area contributed by atoms with E-state index in [1.54, 1.807) is 0 Å². The first-order chi connectivity index (χ1) is 7.67. The third-order valence-corrected chi connectivity index (χ3v) is 2.23. The number of benzene rings is 1. The molecule has 0 aromatic heterocycles. The van der Waals surface area contributed by atoms with Gasteiger partial charge >= 0.3 is 5.97 Å². The van der Waals surface area contributed by atoms with Crippen LogP contribution < -0.4 is 11.1 Å². The fraction of sp³-hybridized carbons (Fsp3) is 0.273. The van der Waals surface area contributed by atoms with Crippen molar-refractivity contribution in [2.24, 2.45) is 5.73 Å². The highest BCUT2D eigenvalue weighted by Crippen LogP contribution is 2.07. The number of nitrogens with two attached hydrogens (primary N) is 1. The third-order valence-electron chi connectivity index (χ3n) is 2.23. The number of carbonyl (C=O) groups excluding carboxylic acids is 1. The Morgan fingerprint density at radius 1 is 1.50 bits per heavy atom. The zero-order valence-electron chi connectivity index (χ0n) is 8.72. The minimum absolute atomic E-state index is 0.252. The predicted octanol–water partition coefficient (Wildman–Crippen LogP) is -0.113. The van der Waals surface area contributed by atoms with E-state index in [1.807, 2.05) is 24.3 Å². The number of carbonyl (C=O) groups is 2. The highest BCUT2D eigenvalue weighted by Gasteiger charge is 2.16. The highest BCUT2D eigenvalue weighted by molar-refractivity contribution is 5.76. The fourth-order valence-corrected chi connectivity index (χ4v) is 1.42. The number of rotatable bonds is 6. The number of hydrogen-bond donors (Lipinski definition) is 3. The second kappa shape index (κ2) is 5.87. The molecule has 1 aromatic rings. The molecule has 1 atom stereocenters. The van der Waals surface area contributed by atoms with Gasteiger partial charge in [0, 0.05) is 13.0 Å². The van der Waals surface area contributed by atoms with Crippen LogP contribution in [0.1, 0.15) is 11.1 Å². The summed E-state index contributed by atoms with van der Waals surface area (Å²) in [5.41, 5.74) is 7.26. The molecule has 5 heteroatoms. The lowest BCUT2D eigenvalue weighted by molar-refractivity contribution is -0.140. The van der Waals surface area contributed by atoms with Crippen molar-refractivity contribution >= 4 is 12.4 Å². The van der Waals surface area contributed by atoms with E-state index in [0.717, 1.165) is 11.1 Å². The summed E-state index contributed by atoms with van der Waals surface area (Å²) in [6.07, 6.45) is 0.646. The first-order valence-electron chi connectivity index (χ1n) is 4.87. The molecular weight excluding hydrogens is 208 g/mol. The summed E-state index contributed by atoms with van der Waals surface area (Å²) in [6, 6.07) is 6.43. The number of carboxylic acids is 1. The fourth-order valence-electron chi connectivity index (χ4n) is 1.42. The Kier molecular flexibility index (Phi) is 4.47. The van der Waals surface area contributed by atoms with Crippen molar-refractivity contribution in [2.45, 2.75) is 19.0 Å². The molecule has 5 nitrogen and oxygen atoms in total. The molecule has 1 rings (SSSR count). The Morgan fingerprint density at radius 2 is 2.19 bits per heavy atom. The number of carboxylic acid groups (broad SMARTS) is 1. The molecule has 0 aliphatic heterocycles. The van der Waals surface area contributed by atoms with Crippen LogP contribution in [-0.2, 0) is 22.6 Å². The maximum Gasteiger partial charge on any atom is 0.326 e. The smallest absolute Gasteiger partial charge is 0.326 e. The van der Waals surface area contributed by atoms with Crippen molar-refractivity contribution in [3.63, 3.8) is 0 Å². The average molecular weight is 222 g/mol. The zero-order valence-corrected chi connectivity index (χ0v) is 8.72. The van der Waals surface area contributed by atoms with Crippen LogP contribution in [0.25, 0.3) is 0 Å². The Hall–Kier alpha value is -1.88. The maximum absolute atomic E-state index is 10.8. The second-order valence-corrected chi connectivity index (χ2v) is 3.40. The van der Waals surface area contributed by atoms with Crippen LogP contribution in [-0.4, -0.2) is 23.5 Å². The van der Waals surface area contributed by atoms with Crippen molar-refractivity contribution in [3.8, 4) is 0 Å². The van der Waals surface area contributed by atoms with Crippen LogP contribution in [0.5, 0.6) is 0 Å². The lowest BCUT2D eigenvalue weighted by atomic mass is 10.0. The molecule has 0 radical (unpaired) electrons. The summed E-state index contributed by atoms with van der Waals surface area (Å²) in [6.45, 7) is 0.409. The number of aliphatic carboxylic acids is 1. The molecule has 1 aromatic carbocycles. The van der Waals surface area contributed by atoms with Crippen molar-refractivity contribution in [1.29, 1.82) is 0 Å². The summed E-state index contributed by atoms with van der Waals surface area (Å²) >= 11 is 0. The predicted molar refractivity (Wildman–Crippen MR) is 58.7 cm³/mol. The third kappa shape index (κ3) is 3.36. The van der Waals surface area contributed by atoms with Crippen LogP contribution in [0.2, 0.25) is 0 Å². The van der Waals surface area contributed by atoms with E-state index in [2.05, 4.69) is 5.32 Å². The van der Waals surface area contributed by atoms with E-state index in [1.165, 1.54) is 0 Å². The van der Waals surface area contributed by atoms with Gasteiger partial charge in [-0.25, -0.2) is 4.79 Å². The molecule has 0 aliphatic carbocycles. The van der Waals surface area contributed by atoms with Gasteiger partial charge in [-0.05, 0) is 11.1 Å². The van der Waals surface area contributed by atoms with E-state index in [4.69, 9.17) is 10.8 Å². The molecule has 0 saturated heterocycles. The van der Waals surface area contributed by atoms with Gasteiger partial charge < -0.3 is 16.2 Å². The molecule has 0 heterocycles. The normalized spacial score (nSPS) is 11.8. The topological polar surface area (TPSA) is 92.4 Å². The molecule has 0 aliphatic rings. The van der Waals surface area contributed by atoms with Crippen molar-refractivity contribution in [3.05, 3.63) is 35.4 Å². The largest absolute Gasteiger partial charge is 0.480 e. The first kappa shape index (κ1) is 12.2. The summed E-state index contributed by atoms with van der Waals surface area (Å²) in [5.74, 6) is -1.05. The molecular formula is C11H14N2O3. The van der Waals surface area contributed by atoms with Crippen LogP contribution in [0.4, 0.5) is 0 Å². The quantitative estimate of drug-likeness (QED) is 0.585. The highest BCUT2D eigenvalue weighted by atomic mass is 16.4. The first-order valence-corrected chi connectivity index (χ1v) is 4.87. The lowest BCUT2D eigenvalue weighted by Gasteiger charge is -2.11. The average Bonchev–Trinajstić information content (AvgIpc) is 2.28. The van der Waals surface area contributed by atoms with Crippen molar-refractivity contribution in [2.75, 3.05) is 0 Å².